The SMILES string of the molecule is COC(=O)/C=C1/C[C@H](C)C[C@H](CCC/C=C\C=O)N1. The lowest BCUT2D eigenvalue weighted by Crippen LogP contribution is -2.36. The molecule has 4 heteroatoms. The van der Waals surface area contributed by atoms with E-state index in [1.807, 2.05) is 6.08 Å². The Morgan fingerprint density at radius 2 is 2.32 bits per heavy atom. The van der Waals surface area contributed by atoms with E-state index in [0.717, 1.165) is 44.1 Å². The molecule has 0 amide bonds. The topological polar surface area (TPSA) is 55.4 Å². The highest BCUT2D eigenvalue weighted by atomic mass is 16.5. The van der Waals surface area contributed by atoms with Gasteiger partial charge in [-0.05, 0) is 44.1 Å². The van der Waals surface area contributed by atoms with Crippen molar-refractivity contribution in [2.75, 3.05) is 7.11 Å². The molecule has 106 valence electrons. The smallest absolute Gasteiger partial charge is 0.332 e. The Bertz CT molecular complexity index is 360. The van der Waals surface area contributed by atoms with Gasteiger partial charge in [0.1, 0.15) is 6.29 Å². The van der Waals surface area contributed by atoms with Crippen molar-refractivity contribution < 1.29 is 14.3 Å². The molecule has 1 N–H and O–H groups in total. The van der Waals surface area contributed by atoms with Gasteiger partial charge in [-0.1, -0.05) is 13.0 Å². The third kappa shape index (κ3) is 6.22. The molecule has 1 rings (SSSR count). The number of allylic oxidation sites excluding steroid dienone is 3. The maximum Gasteiger partial charge on any atom is 0.332 e. The lowest BCUT2D eigenvalue weighted by atomic mass is 9.89. The third-order valence-corrected chi connectivity index (χ3v) is 3.28. The van der Waals surface area contributed by atoms with Crippen LogP contribution in [-0.2, 0) is 14.3 Å². The summed E-state index contributed by atoms with van der Waals surface area (Å²) in [5.41, 5.74) is 0.971. The van der Waals surface area contributed by atoms with Crippen LogP contribution >= 0.6 is 0 Å². The summed E-state index contributed by atoms with van der Waals surface area (Å²) in [4.78, 5) is 21.4. The highest BCUT2D eigenvalue weighted by Crippen LogP contribution is 2.24. The number of carbonyl (C=O) groups is 2. The molecule has 2 atom stereocenters. The summed E-state index contributed by atoms with van der Waals surface area (Å²) in [5, 5.41) is 3.41. The Hall–Kier alpha value is -1.58. The summed E-state index contributed by atoms with van der Waals surface area (Å²) in [6.45, 7) is 2.20. The summed E-state index contributed by atoms with van der Waals surface area (Å²) in [5.74, 6) is 0.275. The summed E-state index contributed by atoms with van der Waals surface area (Å²) < 4.78 is 4.65. The summed E-state index contributed by atoms with van der Waals surface area (Å²) in [6, 6.07) is 0.407. The van der Waals surface area contributed by atoms with Crippen LogP contribution in [0.4, 0.5) is 0 Å². The second kappa shape index (κ2) is 8.51. The number of nitrogens with one attached hydrogen (secondary N) is 1. The fraction of sp³-hybridized carbons (Fsp3) is 0.600. The molecule has 1 fully saturated rings. The van der Waals surface area contributed by atoms with E-state index in [1.165, 1.54) is 7.11 Å². The van der Waals surface area contributed by atoms with E-state index < -0.39 is 0 Å². The zero-order valence-electron chi connectivity index (χ0n) is 11.7. The lowest BCUT2D eigenvalue weighted by Gasteiger charge is -2.31. The van der Waals surface area contributed by atoms with E-state index in [-0.39, 0.29) is 5.97 Å². The van der Waals surface area contributed by atoms with E-state index in [4.69, 9.17) is 0 Å². The first-order chi connectivity index (χ1) is 9.15. The van der Waals surface area contributed by atoms with E-state index in [1.54, 1.807) is 12.2 Å². The largest absolute Gasteiger partial charge is 0.466 e. The lowest BCUT2D eigenvalue weighted by molar-refractivity contribution is -0.134. The van der Waals surface area contributed by atoms with Crippen molar-refractivity contribution >= 4 is 12.3 Å². The van der Waals surface area contributed by atoms with Crippen LogP contribution in [0.1, 0.15) is 39.0 Å². The van der Waals surface area contributed by atoms with Crippen LogP contribution < -0.4 is 5.32 Å². The molecule has 0 aromatic carbocycles. The van der Waals surface area contributed by atoms with Gasteiger partial charge in [0.05, 0.1) is 7.11 Å². The quantitative estimate of drug-likeness (QED) is 0.347. The molecule has 1 heterocycles. The maximum absolute atomic E-state index is 11.2. The van der Waals surface area contributed by atoms with Crippen LogP contribution in [-0.4, -0.2) is 25.4 Å². The van der Waals surface area contributed by atoms with Crippen molar-refractivity contribution in [3.8, 4) is 0 Å². The third-order valence-electron chi connectivity index (χ3n) is 3.28. The van der Waals surface area contributed by atoms with Crippen molar-refractivity contribution in [2.45, 2.75) is 45.1 Å². The van der Waals surface area contributed by atoms with Gasteiger partial charge in [-0.25, -0.2) is 4.79 Å². The second-order valence-corrected chi connectivity index (χ2v) is 5.07. The molecule has 0 radical (unpaired) electrons. The number of carbonyl (C=O) groups excluding carboxylic acids is 2. The second-order valence-electron chi connectivity index (χ2n) is 5.07. The van der Waals surface area contributed by atoms with Gasteiger partial charge >= 0.3 is 5.97 Å². The van der Waals surface area contributed by atoms with Crippen LogP contribution in [0.15, 0.2) is 23.9 Å². The minimum absolute atomic E-state index is 0.302. The molecule has 0 saturated carbocycles. The van der Waals surface area contributed by atoms with E-state index in [9.17, 15) is 9.59 Å². The van der Waals surface area contributed by atoms with Crippen molar-refractivity contribution in [3.63, 3.8) is 0 Å². The fourth-order valence-electron chi connectivity index (χ4n) is 2.45. The van der Waals surface area contributed by atoms with Crippen LogP contribution in [0.25, 0.3) is 0 Å². The van der Waals surface area contributed by atoms with Gasteiger partial charge in [0.15, 0.2) is 0 Å². The van der Waals surface area contributed by atoms with Gasteiger partial charge in [-0.2, -0.15) is 0 Å². The number of rotatable bonds is 6. The molecular formula is C15H23NO3. The highest BCUT2D eigenvalue weighted by Gasteiger charge is 2.21. The van der Waals surface area contributed by atoms with E-state index in [2.05, 4.69) is 17.0 Å². The highest BCUT2D eigenvalue weighted by molar-refractivity contribution is 5.82. The number of hydrogen-bond donors (Lipinski definition) is 1. The predicted octanol–water partition coefficient (Wildman–Crippen LogP) is 2.36. The van der Waals surface area contributed by atoms with Crippen LogP contribution in [0, 0.1) is 5.92 Å². The Kier molecular flexibility index (Phi) is 6.93. The molecule has 0 bridgehead atoms. The fourth-order valence-corrected chi connectivity index (χ4v) is 2.45. The van der Waals surface area contributed by atoms with Gasteiger partial charge in [0.25, 0.3) is 0 Å². The molecule has 0 spiro atoms. The Labute approximate surface area is 114 Å². The van der Waals surface area contributed by atoms with Gasteiger partial charge < -0.3 is 10.1 Å². The van der Waals surface area contributed by atoms with Crippen molar-refractivity contribution in [1.82, 2.24) is 5.32 Å². The molecule has 1 aliphatic rings. The van der Waals surface area contributed by atoms with Gasteiger partial charge in [-0.15, -0.1) is 0 Å². The average Bonchev–Trinajstić information content (AvgIpc) is 2.37. The zero-order valence-corrected chi connectivity index (χ0v) is 11.7. The molecule has 4 nitrogen and oxygen atoms in total. The molecule has 0 aromatic heterocycles. The first-order valence-corrected chi connectivity index (χ1v) is 6.81. The Morgan fingerprint density at radius 3 is 3.00 bits per heavy atom. The number of ether oxygens (including phenoxy) is 1. The summed E-state index contributed by atoms with van der Waals surface area (Å²) >= 11 is 0. The molecule has 1 aliphatic heterocycles. The van der Waals surface area contributed by atoms with Crippen LogP contribution in [0.5, 0.6) is 0 Å². The first kappa shape index (κ1) is 15.5. The van der Waals surface area contributed by atoms with Gasteiger partial charge in [0.2, 0.25) is 0 Å². The number of piperidine rings is 1. The van der Waals surface area contributed by atoms with Crippen LogP contribution in [0.3, 0.4) is 0 Å². The molecular weight excluding hydrogens is 242 g/mol. The average molecular weight is 265 g/mol. The number of methoxy groups -OCH3 is 1. The zero-order chi connectivity index (χ0) is 14.1. The normalized spacial score (nSPS) is 25.3. The van der Waals surface area contributed by atoms with Crippen molar-refractivity contribution in [1.29, 1.82) is 0 Å². The number of hydrogen-bond acceptors (Lipinski definition) is 4. The Balaban J connectivity index is 2.42. The monoisotopic (exact) mass is 265 g/mol. The minimum atomic E-state index is -0.302. The number of esters is 1. The van der Waals surface area contributed by atoms with Crippen molar-refractivity contribution in [3.05, 3.63) is 23.9 Å². The first-order valence-electron chi connectivity index (χ1n) is 6.81. The summed E-state index contributed by atoms with van der Waals surface area (Å²) in [7, 11) is 1.39. The molecule has 0 aromatic rings. The maximum atomic E-state index is 11.2. The molecule has 0 unspecified atom stereocenters. The predicted molar refractivity (Wildman–Crippen MR) is 74.5 cm³/mol. The molecule has 0 aliphatic carbocycles. The van der Waals surface area contributed by atoms with Crippen LogP contribution in [0.2, 0.25) is 0 Å². The summed E-state index contributed by atoms with van der Waals surface area (Å²) in [6.07, 6.45) is 10.8. The molecule has 19 heavy (non-hydrogen) atoms. The minimum Gasteiger partial charge on any atom is -0.466 e. The molecule has 1 saturated heterocycles. The Morgan fingerprint density at radius 1 is 1.53 bits per heavy atom. The van der Waals surface area contributed by atoms with Gasteiger partial charge in [0, 0.05) is 17.8 Å². The van der Waals surface area contributed by atoms with Crippen molar-refractivity contribution in [2.24, 2.45) is 5.92 Å². The number of unbranched alkanes of at least 4 members (excludes halogenated alkanes) is 1. The van der Waals surface area contributed by atoms with E-state index >= 15 is 0 Å². The standard InChI is InChI=1S/C15H23NO3/c1-12-9-13(7-5-3-4-6-8-17)16-14(10-12)11-15(18)19-2/h4,6,8,11-13,16H,3,5,7,9-10H2,1-2H3/b6-4-,14-11-/t12-,13+/m1/s1. The van der Waals surface area contributed by atoms with Gasteiger partial charge in [-0.3, -0.25) is 4.79 Å². The van der Waals surface area contributed by atoms with E-state index in [0.29, 0.717) is 12.0 Å². The number of aldehydes is 1.